The fourth-order valence-corrected chi connectivity index (χ4v) is 3.89. The zero-order valence-corrected chi connectivity index (χ0v) is 24.0. The summed E-state index contributed by atoms with van der Waals surface area (Å²) in [4.78, 5) is 42.2. The van der Waals surface area contributed by atoms with E-state index in [2.05, 4.69) is 10.6 Å². The summed E-state index contributed by atoms with van der Waals surface area (Å²) in [6.07, 6.45) is 0.267. The van der Waals surface area contributed by atoms with Crippen molar-refractivity contribution in [3.05, 3.63) is 29.3 Å². The first-order chi connectivity index (χ1) is 16.4. The van der Waals surface area contributed by atoms with E-state index >= 15 is 0 Å². The predicted octanol–water partition coefficient (Wildman–Crippen LogP) is 5.22. The summed E-state index contributed by atoms with van der Waals surface area (Å²) in [7, 11) is 0. The van der Waals surface area contributed by atoms with Crippen molar-refractivity contribution in [2.24, 2.45) is 5.92 Å². The molecule has 204 valence electrons. The molecule has 0 spiro atoms. The molecule has 0 heterocycles. The number of ether oxygens (including phenoxy) is 1. The molecule has 0 bridgehead atoms. The number of amides is 3. The topological polar surface area (TPSA) is 108 Å². The SMILES string of the molecule is CCC(C)(C)N(C(=O)C(CC(C)C)NC(=O)OC(C)(C)C)C(C(=O)NC(C)C)c1ccc(O)c(C)c1. The van der Waals surface area contributed by atoms with Crippen molar-refractivity contribution < 1.29 is 24.2 Å². The molecule has 2 unspecified atom stereocenters. The van der Waals surface area contributed by atoms with E-state index in [9.17, 15) is 19.5 Å². The molecule has 0 aliphatic heterocycles. The van der Waals surface area contributed by atoms with Gasteiger partial charge >= 0.3 is 6.09 Å². The van der Waals surface area contributed by atoms with Crippen LogP contribution in [0.3, 0.4) is 0 Å². The van der Waals surface area contributed by atoms with Crippen molar-refractivity contribution in [2.45, 2.75) is 118 Å². The first kappa shape index (κ1) is 31.3. The lowest BCUT2D eigenvalue weighted by atomic mass is 9.90. The van der Waals surface area contributed by atoms with Gasteiger partial charge < -0.3 is 25.4 Å². The first-order valence-electron chi connectivity index (χ1n) is 12.8. The van der Waals surface area contributed by atoms with Crippen molar-refractivity contribution in [2.75, 3.05) is 0 Å². The Morgan fingerprint density at radius 1 is 1.03 bits per heavy atom. The standard InChI is InChI=1S/C28H47N3O5/c1-12-28(10,11)31(25(34)21(15-17(2)3)30-26(35)36-27(7,8)9)23(24(33)29-18(4)5)20-13-14-22(32)19(6)16-20/h13-14,16-18,21,23,32H,12,15H2,1-11H3,(H,29,33)(H,30,35). The monoisotopic (exact) mass is 505 g/mol. The van der Waals surface area contributed by atoms with Gasteiger partial charge in [-0.25, -0.2) is 4.79 Å². The van der Waals surface area contributed by atoms with Crippen LogP contribution in [0.1, 0.15) is 99.2 Å². The molecule has 0 saturated heterocycles. The molecule has 0 aromatic heterocycles. The minimum atomic E-state index is -0.968. The van der Waals surface area contributed by atoms with Gasteiger partial charge in [-0.3, -0.25) is 9.59 Å². The minimum absolute atomic E-state index is 0.0966. The number of nitrogens with one attached hydrogen (secondary N) is 2. The highest BCUT2D eigenvalue weighted by atomic mass is 16.6. The van der Waals surface area contributed by atoms with E-state index in [0.717, 1.165) is 0 Å². The summed E-state index contributed by atoms with van der Waals surface area (Å²) in [5.41, 5.74) is -0.269. The van der Waals surface area contributed by atoms with Crippen molar-refractivity contribution in [1.29, 1.82) is 0 Å². The highest BCUT2D eigenvalue weighted by Gasteiger charge is 2.43. The number of aryl methyl sites for hydroxylation is 1. The van der Waals surface area contributed by atoms with Crippen molar-refractivity contribution in [1.82, 2.24) is 15.5 Å². The normalized spacial score (nSPS) is 13.8. The Labute approximate surface area is 217 Å². The lowest BCUT2D eigenvalue weighted by Gasteiger charge is -2.45. The van der Waals surface area contributed by atoms with E-state index in [0.29, 0.717) is 24.0 Å². The highest BCUT2D eigenvalue weighted by molar-refractivity contribution is 5.92. The number of phenolic OH excluding ortho intramolecular Hbond substituents is 1. The van der Waals surface area contributed by atoms with E-state index in [1.165, 1.54) is 6.07 Å². The second kappa shape index (κ2) is 12.5. The molecule has 0 fully saturated rings. The largest absolute Gasteiger partial charge is 0.508 e. The van der Waals surface area contributed by atoms with Crippen LogP contribution in [0.2, 0.25) is 0 Å². The Morgan fingerprint density at radius 3 is 2.06 bits per heavy atom. The van der Waals surface area contributed by atoms with Crippen LogP contribution in [0.4, 0.5) is 4.79 Å². The van der Waals surface area contributed by atoms with Gasteiger partial charge in [0, 0.05) is 11.6 Å². The fraction of sp³-hybridized carbons (Fsp3) is 0.679. The molecule has 3 amide bonds. The average Bonchev–Trinajstić information content (AvgIpc) is 2.70. The van der Waals surface area contributed by atoms with Crippen LogP contribution in [-0.2, 0) is 14.3 Å². The van der Waals surface area contributed by atoms with E-state index in [1.54, 1.807) is 44.7 Å². The Hall–Kier alpha value is -2.77. The maximum atomic E-state index is 14.3. The molecule has 0 aliphatic rings. The highest BCUT2D eigenvalue weighted by Crippen LogP contribution is 2.34. The number of carbonyl (C=O) groups is 3. The van der Waals surface area contributed by atoms with Gasteiger partial charge in [0.25, 0.3) is 0 Å². The summed E-state index contributed by atoms with van der Waals surface area (Å²) < 4.78 is 5.44. The van der Waals surface area contributed by atoms with Crippen molar-refractivity contribution in [3.8, 4) is 5.75 Å². The van der Waals surface area contributed by atoms with Crippen molar-refractivity contribution >= 4 is 17.9 Å². The van der Waals surface area contributed by atoms with Gasteiger partial charge in [0.15, 0.2) is 0 Å². The summed E-state index contributed by atoms with van der Waals surface area (Å²) in [6, 6.07) is 2.92. The zero-order chi connectivity index (χ0) is 28.0. The fourth-order valence-electron chi connectivity index (χ4n) is 3.89. The second-order valence-corrected chi connectivity index (χ2v) is 11.8. The number of alkyl carbamates (subject to hydrolysis) is 1. The van der Waals surface area contributed by atoms with E-state index in [4.69, 9.17) is 4.74 Å². The Balaban J connectivity index is 3.68. The van der Waals surface area contributed by atoms with Crippen LogP contribution in [0.15, 0.2) is 18.2 Å². The number of carbonyl (C=O) groups excluding carboxylic acids is 3. The van der Waals surface area contributed by atoms with Crippen LogP contribution < -0.4 is 10.6 Å². The van der Waals surface area contributed by atoms with Crippen LogP contribution >= 0.6 is 0 Å². The number of phenols is 1. The molecule has 0 saturated carbocycles. The Bertz CT molecular complexity index is 918. The van der Waals surface area contributed by atoms with E-state index < -0.39 is 29.3 Å². The number of nitrogens with zero attached hydrogens (tertiary/aromatic N) is 1. The molecule has 1 aromatic rings. The lowest BCUT2D eigenvalue weighted by molar-refractivity contribution is -0.149. The molecule has 0 aliphatic carbocycles. The van der Waals surface area contributed by atoms with Gasteiger partial charge in [-0.1, -0.05) is 26.8 Å². The summed E-state index contributed by atoms with van der Waals surface area (Å²) >= 11 is 0. The summed E-state index contributed by atoms with van der Waals surface area (Å²) in [6.45, 7) is 20.5. The molecule has 8 heteroatoms. The van der Waals surface area contributed by atoms with Gasteiger partial charge in [0.2, 0.25) is 11.8 Å². The van der Waals surface area contributed by atoms with Gasteiger partial charge in [0.05, 0.1) is 0 Å². The zero-order valence-electron chi connectivity index (χ0n) is 24.0. The first-order valence-corrected chi connectivity index (χ1v) is 12.8. The maximum Gasteiger partial charge on any atom is 0.408 e. The van der Waals surface area contributed by atoms with Crippen LogP contribution in [0, 0.1) is 12.8 Å². The molecule has 0 radical (unpaired) electrons. The number of rotatable bonds is 10. The predicted molar refractivity (Wildman–Crippen MR) is 143 cm³/mol. The number of hydrogen-bond acceptors (Lipinski definition) is 5. The second-order valence-electron chi connectivity index (χ2n) is 11.8. The third-order valence-corrected chi connectivity index (χ3v) is 5.93. The van der Waals surface area contributed by atoms with Crippen molar-refractivity contribution in [3.63, 3.8) is 0 Å². The van der Waals surface area contributed by atoms with Gasteiger partial charge in [-0.05, 0) is 97.4 Å². The third-order valence-electron chi connectivity index (χ3n) is 5.93. The lowest BCUT2D eigenvalue weighted by Crippen LogP contribution is -2.59. The van der Waals surface area contributed by atoms with Crippen LogP contribution in [0.25, 0.3) is 0 Å². The number of hydrogen-bond donors (Lipinski definition) is 3. The Kier molecular flexibility index (Phi) is 10.8. The quantitative estimate of drug-likeness (QED) is 0.404. The third kappa shape index (κ3) is 9.03. The van der Waals surface area contributed by atoms with Gasteiger partial charge in [-0.15, -0.1) is 0 Å². The molecule has 3 N–H and O–H groups in total. The minimum Gasteiger partial charge on any atom is -0.508 e. The molecule has 1 rings (SSSR count). The summed E-state index contributed by atoms with van der Waals surface area (Å²) in [5.74, 6) is -0.487. The van der Waals surface area contributed by atoms with E-state index in [-0.39, 0.29) is 29.5 Å². The van der Waals surface area contributed by atoms with Gasteiger partial charge in [0.1, 0.15) is 23.4 Å². The molecule has 1 aromatic carbocycles. The smallest absolute Gasteiger partial charge is 0.408 e. The van der Waals surface area contributed by atoms with Crippen LogP contribution in [-0.4, -0.2) is 51.1 Å². The molecular formula is C28H47N3O5. The number of aromatic hydroxyl groups is 1. The molecule has 8 nitrogen and oxygen atoms in total. The molecular weight excluding hydrogens is 458 g/mol. The van der Waals surface area contributed by atoms with Gasteiger partial charge in [-0.2, -0.15) is 0 Å². The summed E-state index contributed by atoms with van der Waals surface area (Å²) in [5, 5.41) is 15.8. The number of benzene rings is 1. The average molecular weight is 506 g/mol. The maximum absolute atomic E-state index is 14.3. The van der Waals surface area contributed by atoms with E-state index in [1.807, 2.05) is 48.5 Å². The van der Waals surface area contributed by atoms with Crippen LogP contribution in [0.5, 0.6) is 5.75 Å². The molecule has 36 heavy (non-hydrogen) atoms. The Morgan fingerprint density at radius 2 is 1.61 bits per heavy atom. The molecule has 2 atom stereocenters.